The highest BCUT2D eigenvalue weighted by atomic mass is 16.5. The molecule has 0 spiro atoms. The average molecular weight is 410 g/mol. The van der Waals surface area contributed by atoms with Gasteiger partial charge in [0.15, 0.2) is 6.61 Å². The van der Waals surface area contributed by atoms with Crippen LogP contribution in [0.15, 0.2) is 54.6 Å². The normalized spacial score (nSPS) is 15.8. The highest BCUT2D eigenvalue weighted by molar-refractivity contribution is 5.90. The molecule has 0 radical (unpaired) electrons. The van der Waals surface area contributed by atoms with Gasteiger partial charge in [0.1, 0.15) is 5.75 Å². The largest absolute Gasteiger partial charge is 0.483 e. The Hall–Kier alpha value is -3.55. The van der Waals surface area contributed by atoms with Crippen LogP contribution < -0.4 is 20.9 Å². The van der Waals surface area contributed by atoms with Gasteiger partial charge in [0.05, 0.1) is 5.92 Å². The Balaban J connectivity index is 1.43. The molecule has 0 aliphatic carbocycles. The second-order valence-electron chi connectivity index (χ2n) is 7.17. The van der Waals surface area contributed by atoms with Crippen molar-refractivity contribution in [3.8, 4) is 5.75 Å². The van der Waals surface area contributed by atoms with Crippen LogP contribution in [0.5, 0.6) is 5.75 Å². The molecule has 1 atom stereocenters. The van der Waals surface area contributed by atoms with E-state index in [-0.39, 0.29) is 18.5 Å². The van der Waals surface area contributed by atoms with Crippen LogP contribution in [0.2, 0.25) is 0 Å². The van der Waals surface area contributed by atoms with E-state index in [0.29, 0.717) is 37.4 Å². The molecule has 0 aromatic heterocycles. The molecule has 30 heavy (non-hydrogen) atoms. The summed E-state index contributed by atoms with van der Waals surface area (Å²) in [7, 11) is 0. The van der Waals surface area contributed by atoms with Gasteiger partial charge in [-0.25, -0.2) is 4.79 Å². The van der Waals surface area contributed by atoms with Crippen LogP contribution in [0.25, 0.3) is 0 Å². The summed E-state index contributed by atoms with van der Waals surface area (Å²) in [4.78, 5) is 38.5. The molecule has 3 N–H and O–H groups in total. The summed E-state index contributed by atoms with van der Waals surface area (Å²) in [6.45, 7) is 2.55. The van der Waals surface area contributed by atoms with Crippen LogP contribution in [0.3, 0.4) is 0 Å². The number of hydrogen-bond donors (Lipinski definition) is 3. The molecule has 0 unspecified atom stereocenters. The van der Waals surface area contributed by atoms with Crippen molar-refractivity contribution in [3.05, 3.63) is 60.2 Å². The van der Waals surface area contributed by atoms with E-state index >= 15 is 0 Å². The molecule has 2 aromatic rings. The van der Waals surface area contributed by atoms with Gasteiger partial charge in [-0.3, -0.25) is 20.4 Å². The number of nitrogens with one attached hydrogen (secondary N) is 3. The van der Waals surface area contributed by atoms with Gasteiger partial charge in [0.25, 0.3) is 5.91 Å². The standard InChI is InChI=1S/C22H26N4O4/c1-16-8-5-6-12-19(16)30-15-20(27)24-25-21(28)17-9-7-13-26(14-17)22(29)23-18-10-3-2-4-11-18/h2-6,8,10-12,17H,7,9,13-15H2,1H3,(H,23,29)(H,24,27)(H,25,28)/t17-/m0/s1. The first-order valence-corrected chi connectivity index (χ1v) is 9.91. The summed E-state index contributed by atoms with van der Waals surface area (Å²) in [5.74, 6) is -0.554. The van der Waals surface area contributed by atoms with Crippen LogP contribution in [-0.2, 0) is 9.59 Å². The minimum absolute atomic E-state index is 0.207. The van der Waals surface area contributed by atoms with Crippen molar-refractivity contribution in [3.63, 3.8) is 0 Å². The predicted octanol–water partition coefficient (Wildman–Crippen LogP) is 2.47. The van der Waals surface area contributed by atoms with Crippen LogP contribution in [0.4, 0.5) is 10.5 Å². The highest BCUT2D eigenvalue weighted by Crippen LogP contribution is 2.18. The molecule has 1 saturated heterocycles. The molecule has 2 aromatic carbocycles. The van der Waals surface area contributed by atoms with Crippen molar-refractivity contribution in [1.29, 1.82) is 0 Å². The summed E-state index contributed by atoms with van der Waals surface area (Å²) in [5, 5.41) is 2.83. The number of rotatable bonds is 5. The molecule has 8 nitrogen and oxygen atoms in total. The van der Waals surface area contributed by atoms with E-state index in [0.717, 1.165) is 5.56 Å². The van der Waals surface area contributed by atoms with E-state index in [1.807, 2.05) is 43.3 Å². The number of anilines is 1. The SMILES string of the molecule is Cc1ccccc1OCC(=O)NNC(=O)[C@H]1CCCN(C(=O)Nc2ccccc2)C1. The lowest BCUT2D eigenvalue weighted by atomic mass is 9.98. The fraction of sp³-hybridized carbons (Fsp3) is 0.318. The fourth-order valence-corrected chi connectivity index (χ4v) is 3.23. The van der Waals surface area contributed by atoms with Crippen molar-refractivity contribution in [2.75, 3.05) is 25.0 Å². The van der Waals surface area contributed by atoms with E-state index < -0.39 is 11.8 Å². The molecule has 4 amide bonds. The molecule has 158 valence electrons. The number of likely N-dealkylation sites (tertiary alicyclic amines) is 1. The van der Waals surface area contributed by atoms with Gasteiger partial charge in [0.2, 0.25) is 5.91 Å². The maximum atomic E-state index is 12.4. The van der Waals surface area contributed by atoms with E-state index in [4.69, 9.17) is 4.74 Å². The minimum atomic E-state index is -0.457. The Morgan fingerprint density at radius 1 is 1.03 bits per heavy atom. The fourth-order valence-electron chi connectivity index (χ4n) is 3.23. The van der Waals surface area contributed by atoms with Crippen molar-refractivity contribution in [1.82, 2.24) is 15.8 Å². The molecule has 0 saturated carbocycles. The number of ether oxygens (including phenoxy) is 1. The third-order valence-electron chi connectivity index (χ3n) is 4.88. The van der Waals surface area contributed by atoms with Gasteiger partial charge in [-0.2, -0.15) is 0 Å². The van der Waals surface area contributed by atoms with Crippen molar-refractivity contribution in [2.24, 2.45) is 5.92 Å². The first-order chi connectivity index (χ1) is 14.5. The summed E-state index contributed by atoms with van der Waals surface area (Å²) in [5.41, 5.74) is 6.43. The number of aryl methyl sites for hydroxylation is 1. The zero-order valence-electron chi connectivity index (χ0n) is 16.9. The second-order valence-corrected chi connectivity index (χ2v) is 7.17. The molecule has 1 aliphatic heterocycles. The maximum absolute atomic E-state index is 12.4. The number of carbonyl (C=O) groups excluding carboxylic acids is 3. The van der Waals surface area contributed by atoms with E-state index in [1.54, 1.807) is 23.1 Å². The quantitative estimate of drug-likeness (QED) is 0.660. The summed E-state index contributed by atoms with van der Waals surface area (Å²) >= 11 is 0. The zero-order chi connectivity index (χ0) is 21.3. The Bertz CT molecular complexity index is 888. The highest BCUT2D eigenvalue weighted by Gasteiger charge is 2.28. The number of para-hydroxylation sites is 2. The molecule has 1 aliphatic rings. The second kappa shape index (κ2) is 10.3. The number of carbonyl (C=O) groups is 3. The minimum Gasteiger partial charge on any atom is -0.483 e. The van der Waals surface area contributed by atoms with Crippen LogP contribution in [0.1, 0.15) is 18.4 Å². The number of piperidine rings is 1. The van der Waals surface area contributed by atoms with Gasteiger partial charge >= 0.3 is 6.03 Å². The zero-order valence-corrected chi connectivity index (χ0v) is 16.9. The Labute approximate surface area is 175 Å². The molecule has 1 fully saturated rings. The molecule has 8 heteroatoms. The summed E-state index contributed by atoms with van der Waals surface area (Å²) in [6, 6.07) is 16.3. The van der Waals surface area contributed by atoms with E-state index in [1.165, 1.54) is 0 Å². The van der Waals surface area contributed by atoms with Crippen LogP contribution in [0, 0.1) is 12.8 Å². The molecule has 3 rings (SSSR count). The van der Waals surface area contributed by atoms with Crippen LogP contribution in [-0.4, -0.2) is 42.4 Å². The number of benzene rings is 2. The van der Waals surface area contributed by atoms with Gasteiger partial charge in [-0.05, 0) is 43.5 Å². The Morgan fingerprint density at radius 2 is 1.77 bits per heavy atom. The van der Waals surface area contributed by atoms with Gasteiger partial charge in [-0.15, -0.1) is 0 Å². The lowest BCUT2D eigenvalue weighted by molar-refractivity contribution is -0.132. The van der Waals surface area contributed by atoms with Crippen molar-refractivity contribution in [2.45, 2.75) is 19.8 Å². The number of urea groups is 1. The first kappa shape index (κ1) is 21.2. The van der Waals surface area contributed by atoms with Crippen LogP contribution >= 0.6 is 0 Å². The van der Waals surface area contributed by atoms with Gasteiger partial charge in [0, 0.05) is 18.8 Å². The predicted molar refractivity (Wildman–Crippen MR) is 113 cm³/mol. The third-order valence-corrected chi connectivity index (χ3v) is 4.88. The van der Waals surface area contributed by atoms with Crippen molar-refractivity contribution >= 4 is 23.5 Å². The first-order valence-electron chi connectivity index (χ1n) is 9.91. The number of hydrogen-bond acceptors (Lipinski definition) is 4. The Morgan fingerprint density at radius 3 is 2.53 bits per heavy atom. The number of amides is 4. The monoisotopic (exact) mass is 410 g/mol. The third kappa shape index (κ3) is 5.97. The van der Waals surface area contributed by atoms with E-state index in [2.05, 4.69) is 16.2 Å². The summed E-state index contributed by atoms with van der Waals surface area (Å²) < 4.78 is 5.46. The lowest BCUT2D eigenvalue weighted by Gasteiger charge is -2.32. The Kier molecular flexibility index (Phi) is 7.26. The smallest absolute Gasteiger partial charge is 0.321 e. The van der Waals surface area contributed by atoms with E-state index in [9.17, 15) is 14.4 Å². The molecular formula is C22H26N4O4. The molecule has 0 bridgehead atoms. The lowest BCUT2D eigenvalue weighted by Crippen LogP contribution is -2.51. The molecular weight excluding hydrogens is 384 g/mol. The number of hydrazine groups is 1. The topological polar surface area (TPSA) is 99.8 Å². The van der Waals surface area contributed by atoms with Gasteiger partial charge < -0.3 is 15.0 Å². The number of nitrogens with zero attached hydrogens (tertiary/aromatic N) is 1. The average Bonchev–Trinajstić information content (AvgIpc) is 2.77. The van der Waals surface area contributed by atoms with Crippen molar-refractivity contribution < 1.29 is 19.1 Å². The maximum Gasteiger partial charge on any atom is 0.321 e. The summed E-state index contributed by atoms with van der Waals surface area (Å²) in [6.07, 6.45) is 1.36. The van der Waals surface area contributed by atoms with Gasteiger partial charge in [-0.1, -0.05) is 36.4 Å². The molecule has 1 heterocycles.